The second-order valence-electron chi connectivity index (χ2n) is 2.02. The lowest BCUT2D eigenvalue weighted by molar-refractivity contribution is 0.107. The lowest BCUT2D eigenvalue weighted by Crippen LogP contribution is -1.97. The summed E-state index contributed by atoms with van der Waals surface area (Å²) < 4.78 is 25.2. The monoisotopic (exact) mass is 210 g/mol. The number of benzene rings is 1. The molecule has 0 heterocycles. The standard InChI is InChI=1S/C7H2Cl2F2O/c8-3-1-4(7(9)12)6(11)5(10)2-3/h1-2H. The minimum Gasteiger partial charge on any atom is -0.275 e. The molecule has 0 saturated carbocycles. The molecular weight excluding hydrogens is 209 g/mol. The van der Waals surface area contributed by atoms with Gasteiger partial charge in [0.05, 0.1) is 5.56 Å². The van der Waals surface area contributed by atoms with E-state index in [-0.39, 0.29) is 5.02 Å². The summed E-state index contributed by atoms with van der Waals surface area (Å²) in [4.78, 5) is 10.5. The number of carbonyl (C=O) groups is 1. The van der Waals surface area contributed by atoms with E-state index in [1.54, 1.807) is 0 Å². The summed E-state index contributed by atoms with van der Waals surface area (Å²) in [5.41, 5.74) is -0.554. The van der Waals surface area contributed by atoms with Crippen LogP contribution in [0, 0.1) is 11.6 Å². The molecule has 1 aromatic rings. The molecule has 0 aliphatic carbocycles. The average molecular weight is 211 g/mol. The van der Waals surface area contributed by atoms with Crippen molar-refractivity contribution in [2.75, 3.05) is 0 Å². The van der Waals surface area contributed by atoms with Crippen molar-refractivity contribution in [2.45, 2.75) is 0 Å². The van der Waals surface area contributed by atoms with Crippen molar-refractivity contribution in [1.29, 1.82) is 0 Å². The number of rotatable bonds is 1. The topological polar surface area (TPSA) is 17.1 Å². The van der Waals surface area contributed by atoms with Crippen LogP contribution in [0.2, 0.25) is 5.02 Å². The molecule has 0 aliphatic heterocycles. The third-order valence-electron chi connectivity index (χ3n) is 1.20. The first-order valence-corrected chi connectivity index (χ1v) is 3.62. The molecule has 0 spiro atoms. The summed E-state index contributed by atoms with van der Waals surface area (Å²) in [6, 6.07) is 1.73. The Morgan fingerprint density at radius 3 is 2.42 bits per heavy atom. The minimum atomic E-state index is -1.28. The lowest BCUT2D eigenvalue weighted by Gasteiger charge is -1.98. The number of halogens is 4. The zero-order valence-corrected chi connectivity index (χ0v) is 7.09. The molecule has 1 aromatic carbocycles. The van der Waals surface area contributed by atoms with E-state index in [1.165, 1.54) is 0 Å². The van der Waals surface area contributed by atoms with Gasteiger partial charge < -0.3 is 0 Å². The largest absolute Gasteiger partial charge is 0.275 e. The van der Waals surface area contributed by atoms with Gasteiger partial charge in [-0.05, 0) is 23.7 Å². The predicted octanol–water partition coefficient (Wildman–Crippen LogP) is 3.00. The molecule has 0 fully saturated rings. The van der Waals surface area contributed by atoms with Gasteiger partial charge in [-0.3, -0.25) is 4.79 Å². The average Bonchev–Trinajstić information content (AvgIpc) is 1.96. The zero-order valence-electron chi connectivity index (χ0n) is 5.57. The van der Waals surface area contributed by atoms with Gasteiger partial charge in [-0.25, -0.2) is 8.78 Å². The Morgan fingerprint density at radius 1 is 1.33 bits per heavy atom. The van der Waals surface area contributed by atoms with E-state index in [1.807, 2.05) is 0 Å². The molecule has 1 nitrogen and oxygen atoms in total. The van der Waals surface area contributed by atoms with E-state index in [4.69, 9.17) is 23.2 Å². The molecule has 0 aromatic heterocycles. The van der Waals surface area contributed by atoms with Crippen LogP contribution in [0.3, 0.4) is 0 Å². The Balaban J connectivity index is 3.37. The Labute approximate surface area is 76.9 Å². The van der Waals surface area contributed by atoms with Gasteiger partial charge >= 0.3 is 0 Å². The van der Waals surface area contributed by atoms with Crippen molar-refractivity contribution >= 4 is 28.4 Å². The summed E-state index contributed by atoms with van der Waals surface area (Å²) in [5.74, 6) is -2.47. The van der Waals surface area contributed by atoms with E-state index in [9.17, 15) is 13.6 Å². The van der Waals surface area contributed by atoms with Crippen LogP contribution in [0.15, 0.2) is 12.1 Å². The van der Waals surface area contributed by atoms with Crippen molar-refractivity contribution < 1.29 is 13.6 Å². The summed E-state index contributed by atoms with van der Waals surface area (Å²) in [6.45, 7) is 0. The molecular formula is C7H2Cl2F2O. The molecule has 1 rings (SSSR count). The summed E-state index contributed by atoms with van der Waals surface area (Å²) >= 11 is 10.3. The van der Waals surface area contributed by atoms with Crippen molar-refractivity contribution in [2.24, 2.45) is 0 Å². The van der Waals surface area contributed by atoms with Crippen molar-refractivity contribution in [3.8, 4) is 0 Å². The fourth-order valence-corrected chi connectivity index (χ4v) is 1.04. The van der Waals surface area contributed by atoms with Crippen LogP contribution >= 0.6 is 23.2 Å². The highest BCUT2D eigenvalue weighted by atomic mass is 35.5. The quantitative estimate of drug-likeness (QED) is 0.515. The van der Waals surface area contributed by atoms with Gasteiger partial charge in [0.2, 0.25) is 0 Å². The Hall–Kier alpha value is -0.670. The maximum atomic E-state index is 12.7. The molecule has 0 amide bonds. The number of hydrogen-bond donors (Lipinski definition) is 0. The highest BCUT2D eigenvalue weighted by Gasteiger charge is 2.14. The molecule has 64 valence electrons. The third-order valence-corrected chi connectivity index (χ3v) is 1.63. The summed E-state index contributed by atoms with van der Waals surface area (Å²) in [6.07, 6.45) is 0. The first-order chi connectivity index (χ1) is 5.52. The Morgan fingerprint density at radius 2 is 1.92 bits per heavy atom. The molecule has 0 unspecified atom stereocenters. The van der Waals surface area contributed by atoms with Gasteiger partial charge in [0.25, 0.3) is 5.24 Å². The molecule has 0 atom stereocenters. The molecule has 0 aliphatic rings. The van der Waals surface area contributed by atoms with E-state index in [0.29, 0.717) is 0 Å². The van der Waals surface area contributed by atoms with Gasteiger partial charge in [0, 0.05) is 5.02 Å². The van der Waals surface area contributed by atoms with Crippen LogP contribution in [0.1, 0.15) is 10.4 Å². The molecule has 0 bridgehead atoms. The van der Waals surface area contributed by atoms with E-state index < -0.39 is 22.4 Å². The van der Waals surface area contributed by atoms with Gasteiger partial charge in [0.15, 0.2) is 11.6 Å². The maximum absolute atomic E-state index is 12.7. The van der Waals surface area contributed by atoms with Crippen molar-refractivity contribution in [3.05, 3.63) is 34.4 Å². The number of hydrogen-bond acceptors (Lipinski definition) is 1. The van der Waals surface area contributed by atoms with Crippen LogP contribution in [-0.2, 0) is 0 Å². The first kappa shape index (κ1) is 9.42. The predicted molar refractivity (Wildman–Crippen MR) is 41.6 cm³/mol. The van der Waals surface area contributed by atoms with Crippen molar-refractivity contribution in [3.63, 3.8) is 0 Å². The molecule has 12 heavy (non-hydrogen) atoms. The van der Waals surface area contributed by atoms with Gasteiger partial charge in [-0.15, -0.1) is 0 Å². The summed E-state index contributed by atoms with van der Waals surface area (Å²) in [5, 5.41) is -1.15. The fourth-order valence-electron chi connectivity index (χ4n) is 0.699. The molecule has 0 radical (unpaired) electrons. The zero-order chi connectivity index (χ0) is 9.30. The molecule has 0 N–H and O–H groups in total. The van der Waals surface area contributed by atoms with Crippen LogP contribution in [0.25, 0.3) is 0 Å². The van der Waals surface area contributed by atoms with Gasteiger partial charge in [-0.1, -0.05) is 11.6 Å². The SMILES string of the molecule is O=C(Cl)c1cc(Cl)cc(F)c1F. The highest BCUT2D eigenvalue weighted by molar-refractivity contribution is 6.67. The fraction of sp³-hybridized carbons (Fsp3) is 0. The third kappa shape index (κ3) is 1.73. The first-order valence-electron chi connectivity index (χ1n) is 2.86. The van der Waals surface area contributed by atoms with E-state index >= 15 is 0 Å². The Kier molecular flexibility index (Phi) is 2.65. The van der Waals surface area contributed by atoms with Crippen LogP contribution in [0.4, 0.5) is 8.78 Å². The Bertz CT molecular complexity index is 338. The normalized spacial score (nSPS) is 10.0. The lowest BCUT2D eigenvalue weighted by atomic mass is 10.2. The van der Waals surface area contributed by atoms with E-state index in [2.05, 4.69) is 0 Å². The minimum absolute atomic E-state index is 0.0714. The second-order valence-corrected chi connectivity index (χ2v) is 2.80. The molecule has 0 saturated heterocycles. The second kappa shape index (κ2) is 3.37. The summed E-state index contributed by atoms with van der Waals surface area (Å²) in [7, 11) is 0. The van der Waals surface area contributed by atoms with Crippen LogP contribution in [0.5, 0.6) is 0 Å². The van der Waals surface area contributed by atoms with Crippen LogP contribution < -0.4 is 0 Å². The number of carbonyl (C=O) groups excluding carboxylic acids is 1. The van der Waals surface area contributed by atoms with Crippen LogP contribution in [-0.4, -0.2) is 5.24 Å². The smallest absolute Gasteiger partial charge is 0.255 e. The maximum Gasteiger partial charge on any atom is 0.255 e. The molecule has 5 heteroatoms. The van der Waals surface area contributed by atoms with Crippen molar-refractivity contribution in [1.82, 2.24) is 0 Å². The van der Waals surface area contributed by atoms with Gasteiger partial charge in [-0.2, -0.15) is 0 Å². The highest BCUT2D eigenvalue weighted by Crippen LogP contribution is 2.19. The van der Waals surface area contributed by atoms with E-state index in [0.717, 1.165) is 12.1 Å². The van der Waals surface area contributed by atoms with Gasteiger partial charge in [0.1, 0.15) is 0 Å².